The van der Waals surface area contributed by atoms with Crippen LogP contribution in [-0.2, 0) is 19.8 Å². The summed E-state index contributed by atoms with van der Waals surface area (Å²) in [7, 11) is 1.62. The molecule has 0 unspecified atom stereocenters. The zero-order valence-electron chi connectivity index (χ0n) is 18.3. The molecule has 0 aliphatic rings. The molecule has 2 atom stereocenters. The van der Waals surface area contributed by atoms with Crippen molar-refractivity contribution < 1.29 is 19.5 Å². The number of nitrogens with zero attached hydrogens (tertiary/aromatic N) is 1. The first kappa shape index (κ1) is 24.4. The van der Waals surface area contributed by atoms with Crippen LogP contribution >= 0.6 is 0 Å². The quantitative estimate of drug-likeness (QED) is 0.588. The van der Waals surface area contributed by atoms with E-state index < -0.39 is 5.97 Å². The predicted octanol–water partition coefficient (Wildman–Crippen LogP) is 3.23. The fourth-order valence-corrected chi connectivity index (χ4v) is 3.65. The van der Waals surface area contributed by atoms with Gasteiger partial charge in [0, 0.05) is 24.5 Å². The number of nitrogens with one attached hydrogen (secondary N) is 1. The molecule has 0 fully saturated rings. The molecular weight excluding hydrogens is 368 g/mol. The van der Waals surface area contributed by atoms with E-state index in [0.717, 1.165) is 11.6 Å². The maximum Gasteiger partial charge on any atom is 0.328 e. The monoisotopic (exact) mass is 402 g/mol. The standard InChI is InChI=1S/C23H34N2O4/c1-7-18(23(4,5)17-11-9-8-10-12-17)22(29)24-15-20(26)25(6)19(16(2)3)13-14-21(27)28/h8-14,16,18-19H,7,15H2,1-6H3,(H,24,29)(H,27,28)/b14-13+/t18-,19-/m1/s1. The Morgan fingerprint density at radius 1 is 1.17 bits per heavy atom. The van der Waals surface area contributed by atoms with Gasteiger partial charge in [0.15, 0.2) is 0 Å². The fourth-order valence-electron chi connectivity index (χ4n) is 3.65. The molecule has 0 radical (unpaired) electrons. The molecule has 0 saturated heterocycles. The average molecular weight is 403 g/mol. The lowest BCUT2D eigenvalue weighted by molar-refractivity contribution is -0.135. The number of carboxylic acids is 1. The van der Waals surface area contributed by atoms with Gasteiger partial charge in [-0.1, -0.05) is 71.0 Å². The SMILES string of the molecule is CC[C@H](C(=O)NCC(=O)N(C)[C@H](/C=C/C(=O)O)C(C)C)C(C)(C)c1ccccc1. The molecule has 2 N–H and O–H groups in total. The summed E-state index contributed by atoms with van der Waals surface area (Å²) >= 11 is 0. The Bertz CT molecular complexity index is 726. The number of carbonyl (C=O) groups is 3. The summed E-state index contributed by atoms with van der Waals surface area (Å²) in [6.45, 7) is 9.74. The third-order valence-electron chi connectivity index (χ3n) is 5.49. The van der Waals surface area contributed by atoms with Crippen molar-refractivity contribution in [3.63, 3.8) is 0 Å². The Morgan fingerprint density at radius 2 is 1.76 bits per heavy atom. The molecule has 0 heterocycles. The van der Waals surface area contributed by atoms with Gasteiger partial charge in [-0.3, -0.25) is 9.59 Å². The van der Waals surface area contributed by atoms with E-state index in [2.05, 4.69) is 5.32 Å². The summed E-state index contributed by atoms with van der Waals surface area (Å²) in [4.78, 5) is 37.8. The van der Waals surface area contributed by atoms with Crippen molar-refractivity contribution in [1.29, 1.82) is 0 Å². The van der Waals surface area contributed by atoms with Crippen LogP contribution in [0, 0.1) is 11.8 Å². The Kier molecular flexibility index (Phi) is 9.08. The molecule has 29 heavy (non-hydrogen) atoms. The summed E-state index contributed by atoms with van der Waals surface area (Å²) in [5.41, 5.74) is 0.698. The molecule has 6 nitrogen and oxygen atoms in total. The first-order valence-corrected chi connectivity index (χ1v) is 10.0. The van der Waals surface area contributed by atoms with Crippen LogP contribution in [0.15, 0.2) is 42.5 Å². The number of amides is 2. The maximum atomic E-state index is 12.9. The zero-order valence-corrected chi connectivity index (χ0v) is 18.3. The number of carboxylic acid groups (broad SMARTS) is 1. The minimum Gasteiger partial charge on any atom is -0.478 e. The van der Waals surface area contributed by atoms with Crippen molar-refractivity contribution in [2.45, 2.75) is 52.5 Å². The maximum absolute atomic E-state index is 12.9. The molecule has 0 spiro atoms. The fraction of sp³-hybridized carbons (Fsp3) is 0.522. The van der Waals surface area contributed by atoms with Gasteiger partial charge in [-0.15, -0.1) is 0 Å². The number of aliphatic carboxylic acids is 1. The number of carbonyl (C=O) groups excluding carboxylic acids is 2. The normalized spacial score (nSPS) is 13.9. The van der Waals surface area contributed by atoms with Crippen molar-refractivity contribution in [3.05, 3.63) is 48.0 Å². The van der Waals surface area contributed by atoms with Crippen LogP contribution in [0.5, 0.6) is 0 Å². The van der Waals surface area contributed by atoms with Gasteiger partial charge in [0.05, 0.1) is 12.6 Å². The van der Waals surface area contributed by atoms with Gasteiger partial charge in [0.1, 0.15) is 0 Å². The minimum absolute atomic E-state index is 0.0376. The van der Waals surface area contributed by atoms with Crippen LogP contribution in [0.1, 0.15) is 46.6 Å². The molecule has 1 rings (SSSR count). The lowest BCUT2D eigenvalue weighted by Gasteiger charge is -2.34. The summed E-state index contributed by atoms with van der Waals surface area (Å²) < 4.78 is 0. The van der Waals surface area contributed by atoms with E-state index in [1.54, 1.807) is 7.05 Å². The van der Waals surface area contributed by atoms with Crippen LogP contribution in [0.4, 0.5) is 0 Å². The highest BCUT2D eigenvalue weighted by molar-refractivity contribution is 5.87. The predicted molar refractivity (Wildman–Crippen MR) is 114 cm³/mol. The summed E-state index contributed by atoms with van der Waals surface area (Å²) in [5, 5.41) is 11.6. The smallest absolute Gasteiger partial charge is 0.328 e. The van der Waals surface area contributed by atoms with E-state index in [9.17, 15) is 14.4 Å². The first-order valence-electron chi connectivity index (χ1n) is 10.0. The van der Waals surface area contributed by atoms with E-state index in [-0.39, 0.29) is 41.7 Å². The molecule has 0 bridgehead atoms. The molecular formula is C23H34N2O4. The molecule has 6 heteroatoms. The topological polar surface area (TPSA) is 86.7 Å². The summed E-state index contributed by atoms with van der Waals surface area (Å²) in [6, 6.07) is 9.51. The van der Waals surface area contributed by atoms with Gasteiger partial charge >= 0.3 is 5.97 Å². The third-order valence-corrected chi connectivity index (χ3v) is 5.49. The molecule has 2 amide bonds. The molecule has 160 valence electrons. The van der Waals surface area contributed by atoms with Crippen LogP contribution in [0.3, 0.4) is 0 Å². The number of hydrogen-bond acceptors (Lipinski definition) is 3. The average Bonchev–Trinajstić information content (AvgIpc) is 2.66. The van der Waals surface area contributed by atoms with Crippen molar-refractivity contribution in [3.8, 4) is 0 Å². The third kappa shape index (κ3) is 6.73. The second kappa shape index (κ2) is 10.8. The van der Waals surface area contributed by atoms with Gasteiger partial charge in [0.25, 0.3) is 0 Å². The largest absolute Gasteiger partial charge is 0.478 e. The van der Waals surface area contributed by atoms with Crippen molar-refractivity contribution in [2.24, 2.45) is 11.8 Å². The highest BCUT2D eigenvalue weighted by Gasteiger charge is 2.35. The second-order valence-electron chi connectivity index (χ2n) is 8.20. The zero-order chi connectivity index (χ0) is 22.2. The first-order chi connectivity index (χ1) is 13.5. The van der Waals surface area contributed by atoms with Crippen molar-refractivity contribution in [2.75, 3.05) is 13.6 Å². The van der Waals surface area contributed by atoms with E-state index in [1.807, 2.05) is 65.0 Å². The highest BCUT2D eigenvalue weighted by Crippen LogP contribution is 2.33. The van der Waals surface area contributed by atoms with Crippen LogP contribution in [-0.4, -0.2) is 47.4 Å². The summed E-state index contributed by atoms with van der Waals surface area (Å²) in [6.07, 6.45) is 3.19. The number of benzene rings is 1. The van der Waals surface area contributed by atoms with E-state index in [0.29, 0.717) is 6.42 Å². The van der Waals surface area contributed by atoms with Crippen LogP contribution < -0.4 is 5.32 Å². The second-order valence-corrected chi connectivity index (χ2v) is 8.20. The molecule has 0 aliphatic heterocycles. The lowest BCUT2D eigenvalue weighted by Crippen LogP contribution is -2.47. The Morgan fingerprint density at radius 3 is 2.24 bits per heavy atom. The molecule has 0 aromatic heterocycles. The Balaban J connectivity index is 2.82. The van der Waals surface area contributed by atoms with Crippen LogP contribution in [0.25, 0.3) is 0 Å². The van der Waals surface area contributed by atoms with Crippen molar-refractivity contribution in [1.82, 2.24) is 10.2 Å². The highest BCUT2D eigenvalue weighted by atomic mass is 16.4. The molecule has 1 aromatic carbocycles. The van der Waals surface area contributed by atoms with Gasteiger partial charge in [0.2, 0.25) is 11.8 Å². The molecule has 1 aromatic rings. The number of likely N-dealkylation sites (N-methyl/N-ethyl adjacent to an activating group) is 1. The summed E-state index contributed by atoms with van der Waals surface area (Å²) in [5.74, 6) is -1.73. The number of hydrogen-bond donors (Lipinski definition) is 2. The molecule has 0 saturated carbocycles. The van der Waals surface area contributed by atoms with E-state index >= 15 is 0 Å². The Hall–Kier alpha value is -2.63. The van der Waals surface area contributed by atoms with Gasteiger partial charge < -0.3 is 15.3 Å². The van der Waals surface area contributed by atoms with E-state index in [4.69, 9.17) is 5.11 Å². The van der Waals surface area contributed by atoms with Gasteiger partial charge in [-0.05, 0) is 17.9 Å². The van der Waals surface area contributed by atoms with E-state index in [1.165, 1.54) is 11.0 Å². The van der Waals surface area contributed by atoms with Crippen LogP contribution in [0.2, 0.25) is 0 Å². The minimum atomic E-state index is -1.06. The lowest BCUT2D eigenvalue weighted by atomic mass is 9.71. The van der Waals surface area contributed by atoms with Crippen molar-refractivity contribution >= 4 is 17.8 Å². The number of rotatable bonds is 10. The van der Waals surface area contributed by atoms with Gasteiger partial charge in [-0.25, -0.2) is 4.79 Å². The van der Waals surface area contributed by atoms with Gasteiger partial charge in [-0.2, -0.15) is 0 Å². The Labute approximate surface area is 174 Å². The molecule has 0 aliphatic carbocycles.